The number of fused-ring (bicyclic) bond motifs is 1. The Morgan fingerprint density at radius 3 is 2.81 bits per heavy atom. The van der Waals surface area contributed by atoms with E-state index in [4.69, 9.17) is 17.0 Å². The maximum absolute atomic E-state index is 12.3. The highest BCUT2D eigenvalue weighted by Gasteiger charge is 2.13. The molecule has 0 unspecified atom stereocenters. The van der Waals surface area contributed by atoms with E-state index in [0.29, 0.717) is 23.2 Å². The van der Waals surface area contributed by atoms with Crippen LogP contribution in [0.25, 0.3) is 10.2 Å². The number of para-hydroxylation sites is 1. The van der Waals surface area contributed by atoms with Crippen LogP contribution in [0, 0.1) is 0 Å². The van der Waals surface area contributed by atoms with Crippen molar-refractivity contribution in [2.45, 2.75) is 26.2 Å². The van der Waals surface area contributed by atoms with Crippen molar-refractivity contribution in [1.82, 2.24) is 15.3 Å². The van der Waals surface area contributed by atoms with E-state index in [1.165, 1.54) is 11.3 Å². The number of hydrogen-bond donors (Lipinski definition) is 2. The molecule has 27 heavy (non-hydrogen) atoms. The van der Waals surface area contributed by atoms with E-state index in [0.717, 1.165) is 29.5 Å². The molecule has 0 bridgehead atoms. The molecule has 1 aromatic carbocycles. The highest BCUT2D eigenvalue weighted by Crippen LogP contribution is 2.21. The smallest absolute Gasteiger partial charge is 0.286 e. The van der Waals surface area contributed by atoms with Crippen LogP contribution in [0.1, 0.15) is 36.0 Å². The molecule has 2 N–H and O–H groups in total. The summed E-state index contributed by atoms with van der Waals surface area (Å²) >= 11 is 6.53. The van der Waals surface area contributed by atoms with Gasteiger partial charge in [0.15, 0.2) is 10.1 Å². The average Bonchev–Trinajstić information content (AvgIpc) is 3.11. The van der Waals surface area contributed by atoms with Gasteiger partial charge in [-0.3, -0.25) is 10.1 Å². The molecule has 2 aromatic heterocycles. The van der Waals surface area contributed by atoms with Gasteiger partial charge in [-0.2, -0.15) is 0 Å². The van der Waals surface area contributed by atoms with Gasteiger partial charge in [-0.25, -0.2) is 9.97 Å². The topological polar surface area (TPSA) is 76.1 Å². The molecule has 0 aliphatic heterocycles. The van der Waals surface area contributed by atoms with Crippen LogP contribution >= 0.6 is 23.6 Å². The molecule has 3 rings (SSSR count). The van der Waals surface area contributed by atoms with E-state index in [-0.39, 0.29) is 11.0 Å². The Labute approximate surface area is 167 Å². The van der Waals surface area contributed by atoms with Gasteiger partial charge >= 0.3 is 0 Å². The molecular formula is C19H20N4O2S2. The van der Waals surface area contributed by atoms with Gasteiger partial charge < -0.3 is 10.1 Å². The van der Waals surface area contributed by atoms with Crippen molar-refractivity contribution < 1.29 is 9.53 Å². The number of amides is 1. The van der Waals surface area contributed by atoms with Crippen molar-refractivity contribution >= 4 is 50.5 Å². The predicted molar refractivity (Wildman–Crippen MR) is 113 cm³/mol. The van der Waals surface area contributed by atoms with E-state index < -0.39 is 0 Å². The third-order valence-electron chi connectivity index (χ3n) is 3.71. The summed E-state index contributed by atoms with van der Waals surface area (Å²) in [5.74, 6) is 0.235. The number of unbranched alkanes of at least 4 members (excludes halogenated alkanes) is 2. The highest BCUT2D eigenvalue weighted by atomic mass is 32.1. The number of thiocarbonyl (C=S) groups is 1. The number of pyridine rings is 1. The van der Waals surface area contributed by atoms with Crippen molar-refractivity contribution in [3.63, 3.8) is 0 Å². The summed E-state index contributed by atoms with van der Waals surface area (Å²) in [5, 5.41) is 6.14. The number of anilines is 1. The van der Waals surface area contributed by atoms with Crippen LogP contribution in [0.5, 0.6) is 5.88 Å². The number of aromatic nitrogens is 2. The fourth-order valence-corrected chi connectivity index (χ4v) is 3.43. The van der Waals surface area contributed by atoms with Crippen molar-refractivity contribution in [2.24, 2.45) is 0 Å². The van der Waals surface area contributed by atoms with Crippen molar-refractivity contribution in [3.8, 4) is 5.88 Å². The van der Waals surface area contributed by atoms with E-state index in [2.05, 4.69) is 27.5 Å². The SMILES string of the molecule is CCCCCOc1ccc(NC(=S)NC(=O)c2nc3ccccc3s2)cn1. The zero-order valence-electron chi connectivity index (χ0n) is 14.9. The minimum absolute atomic E-state index is 0.192. The van der Waals surface area contributed by atoms with Crippen LogP contribution in [0.2, 0.25) is 0 Å². The second-order valence-electron chi connectivity index (χ2n) is 5.84. The lowest BCUT2D eigenvalue weighted by Crippen LogP contribution is -2.34. The Morgan fingerprint density at radius 2 is 2.07 bits per heavy atom. The quantitative estimate of drug-likeness (QED) is 0.453. The van der Waals surface area contributed by atoms with E-state index in [1.54, 1.807) is 18.3 Å². The summed E-state index contributed by atoms with van der Waals surface area (Å²) in [5.41, 5.74) is 1.47. The molecule has 0 aliphatic rings. The minimum Gasteiger partial charge on any atom is -0.478 e. The van der Waals surface area contributed by atoms with Crippen LogP contribution in [-0.2, 0) is 0 Å². The third-order valence-corrected chi connectivity index (χ3v) is 4.95. The van der Waals surface area contributed by atoms with Gasteiger partial charge in [0, 0.05) is 6.07 Å². The molecule has 6 nitrogen and oxygen atoms in total. The zero-order valence-corrected chi connectivity index (χ0v) is 16.5. The summed E-state index contributed by atoms with van der Waals surface area (Å²) in [6, 6.07) is 11.2. The number of benzene rings is 1. The first-order chi connectivity index (χ1) is 13.2. The minimum atomic E-state index is -0.336. The number of rotatable bonds is 7. The lowest BCUT2D eigenvalue weighted by atomic mass is 10.3. The Hall–Kier alpha value is -2.58. The molecular weight excluding hydrogens is 380 g/mol. The van der Waals surface area contributed by atoms with Gasteiger partial charge in [0.1, 0.15) is 0 Å². The first kappa shape index (κ1) is 19.2. The number of nitrogens with zero attached hydrogens (tertiary/aromatic N) is 2. The van der Waals surface area contributed by atoms with Crippen molar-refractivity contribution in [1.29, 1.82) is 0 Å². The van der Waals surface area contributed by atoms with Crippen LogP contribution in [0.3, 0.4) is 0 Å². The molecule has 1 amide bonds. The Balaban J connectivity index is 1.51. The molecule has 0 saturated heterocycles. The highest BCUT2D eigenvalue weighted by molar-refractivity contribution is 7.80. The van der Waals surface area contributed by atoms with E-state index in [1.807, 2.05) is 24.3 Å². The van der Waals surface area contributed by atoms with E-state index in [9.17, 15) is 4.79 Å². The van der Waals surface area contributed by atoms with Gasteiger partial charge in [-0.05, 0) is 36.8 Å². The maximum Gasteiger partial charge on any atom is 0.286 e. The van der Waals surface area contributed by atoms with Gasteiger partial charge in [0.2, 0.25) is 5.88 Å². The normalized spacial score (nSPS) is 10.6. The lowest BCUT2D eigenvalue weighted by molar-refractivity contribution is 0.0977. The summed E-state index contributed by atoms with van der Waals surface area (Å²) in [4.78, 5) is 20.9. The van der Waals surface area contributed by atoms with Crippen LogP contribution in [0.4, 0.5) is 5.69 Å². The number of nitrogens with one attached hydrogen (secondary N) is 2. The van der Waals surface area contributed by atoms with Crippen molar-refractivity contribution in [3.05, 3.63) is 47.6 Å². The molecule has 3 aromatic rings. The second-order valence-corrected chi connectivity index (χ2v) is 7.27. The fraction of sp³-hybridized carbons (Fsp3) is 0.263. The fourth-order valence-electron chi connectivity index (χ4n) is 2.36. The predicted octanol–water partition coefficient (Wildman–Crippen LogP) is 4.39. The monoisotopic (exact) mass is 400 g/mol. The second kappa shape index (κ2) is 9.38. The number of thiazole rings is 1. The first-order valence-corrected chi connectivity index (χ1v) is 9.95. The summed E-state index contributed by atoms with van der Waals surface area (Å²) in [6.45, 7) is 2.81. The van der Waals surface area contributed by atoms with Crippen molar-refractivity contribution in [2.75, 3.05) is 11.9 Å². The molecule has 140 valence electrons. The molecule has 0 fully saturated rings. The number of ether oxygens (including phenoxy) is 1. The maximum atomic E-state index is 12.3. The summed E-state index contributed by atoms with van der Waals surface area (Å²) < 4.78 is 6.53. The number of hydrogen-bond acceptors (Lipinski definition) is 6. The third kappa shape index (κ3) is 5.45. The molecule has 0 atom stereocenters. The Kier molecular flexibility index (Phi) is 6.67. The largest absolute Gasteiger partial charge is 0.478 e. The number of carbonyl (C=O) groups is 1. The zero-order chi connectivity index (χ0) is 19.1. The summed E-state index contributed by atoms with van der Waals surface area (Å²) in [7, 11) is 0. The molecule has 8 heteroatoms. The van der Waals surface area contributed by atoms with E-state index >= 15 is 0 Å². The Bertz CT molecular complexity index is 892. The van der Waals surface area contributed by atoms with Gasteiger partial charge in [-0.15, -0.1) is 11.3 Å². The number of carbonyl (C=O) groups excluding carboxylic acids is 1. The molecule has 0 aliphatic carbocycles. The van der Waals surface area contributed by atoms with Gasteiger partial charge in [-0.1, -0.05) is 31.9 Å². The van der Waals surface area contributed by atoms with Gasteiger partial charge in [0.25, 0.3) is 5.91 Å². The average molecular weight is 401 g/mol. The van der Waals surface area contributed by atoms with Crippen LogP contribution < -0.4 is 15.4 Å². The Morgan fingerprint density at radius 1 is 1.22 bits per heavy atom. The van der Waals surface area contributed by atoms with Crippen LogP contribution in [0.15, 0.2) is 42.6 Å². The molecule has 0 saturated carbocycles. The van der Waals surface area contributed by atoms with Crippen LogP contribution in [-0.4, -0.2) is 27.6 Å². The molecule has 0 radical (unpaired) electrons. The molecule has 0 spiro atoms. The summed E-state index contributed by atoms with van der Waals surface area (Å²) in [6.07, 6.45) is 4.92. The molecule has 2 heterocycles. The van der Waals surface area contributed by atoms with Gasteiger partial charge in [0.05, 0.1) is 28.7 Å². The standard InChI is InChI=1S/C19H20N4O2S2/c1-2-3-6-11-25-16-10-9-13(12-20-16)21-19(26)23-17(24)18-22-14-7-4-5-8-15(14)27-18/h4-5,7-10,12H,2-3,6,11H2,1H3,(H2,21,23,24,26). The lowest BCUT2D eigenvalue weighted by Gasteiger charge is -2.09. The first-order valence-electron chi connectivity index (χ1n) is 8.72.